The van der Waals surface area contributed by atoms with Crippen molar-refractivity contribution in [1.82, 2.24) is 0 Å². The SMILES string of the molecule is COc1ccc(Br)cc1C1CC(=O)c2cc(Cl)ccc2O1. The number of hydrogen-bond donors (Lipinski definition) is 0. The minimum atomic E-state index is -0.362. The largest absolute Gasteiger partial charge is 0.496 e. The first kappa shape index (κ1) is 14.4. The Kier molecular flexibility index (Phi) is 3.91. The number of ether oxygens (including phenoxy) is 2. The highest BCUT2D eigenvalue weighted by Crippen LogP contribution is 2.39. The Morgan fingerprint density at radius 3 is 2.86 bits per heavy atom. The molecular weight excluding hydrogens is 356 g/mol. The van der Waals surface area contributed by atoms with Gasteiger partial charge in [-0.15, -0.1) is 0 Å². The number of ketones is 1. The molecule has 0 N–H and O–H groups in total. The van der Waals surface area contributed by atoms with E-state index >= 15 is 0 Å². The highest BCUT2D eigenvalue weighted by molar-refractivity contribution is 9.10. The Labute approximate surface area is 136 Å². The fourth-order valence-electron chi connectivity index (χ4n) is 2.43. The van der Waals surface area contributed by atoms with Gasteiger partial charge in [0.2, 0.25) is 0 Å². The van der Waals surface area contributed by atoms with Crippen LogP contribution in [0.25, 0.3) is 0 Å². The van der Waals surface area contributed by atoms with Crippen LogP contribution >= 0.6 is 27.5 Å². The molecule has 0 saturated heterocycles. The summed E-state index contributed by atoms with van der Waals surface area (Å²) in [6, 6.07) is 10.7. The Balaban J connectivity index is 2.01. The maximum Gasteiger partial charge on any atom is 0.170 e. The monoisotopic (exact) mass is 366 g/mol. The van der Waals surface area contributed by atoms with Gasteiger partial charge in [-0.1, -0.05) is 27.5 Å². The van der Waals surface area contributed by atoms with Gasteiger partial charge in [0.15, 0.2) is 5.78 Å². The van der Waals surface area contributed by atoms with Crippen molar-refractivity contribution in [3.05, 3.63) is 57.0 Å². The number of rotatable bonds is 2. The summed E-state index contributed by atoms with van der Waals surface area (Å²) in [5.41, 5.74) is 1.38. The normalized spacial score (nSPS) is 17.1. The van der Waals surface area contributed by atoms with Crippen LogP contribution in [0.2, 0.25) is 5.02 Å². The summed E-state index contributed by atoms with van der Waals surface area (Å²) < 4.78 is 12.2. The van der Waals surface area contributed by atoms with Gasteiger partial charge in [-0.3, -0.25) is 4.79 Å². The molecule has 21 heavy (non-hydrogen) atoms. The summed E-state index contributed by atoms with van der Waals surface area (Å²) in [7, 11) is 1.60. The third kappa shape index (κ3) is 2.78. The molecule has 0 amide bonds. The molecule has 1 aliphatic rings. The number of benzene rings is 2. The lowest BCUT2D eigenvalue weighted by Gasteiger charge is -2.26. The van der Waals surface area contributed by atoms with Crippen molar-refractivity contribution >= 4 is 33.3 Å². The summed E-state index contributed by atoms with van der Waals surface area (Å²) in [6.07, 6.45) is -0.0983. The van der Waals surface area contributed by atoms with Crippen LogP contribution in [0, 0.1) is 0 Å². The van der Waals surface area contributed by atoms with E-state index < -0.39 is 0 Å². The maximum atomic E-state index is 12.3. The molecule has 2 aromatic rings. The van der Waals surface area contributed by atoms with E-state index in [2.05, 4.69) is 15.9 Å². The van der Waals surface area contributed by atoms with Gasteiger partial charge in [0.05, 0.1) is 19.1 Å². The van der Waals surface area contributed by atoms with Crippen molar-refractivity contribution in [3.63, 3.8) is 0 Å². The number of carbonyl (C=O) groups is 1. The van der Waals surface area contributed by atoms with E-state index in [4.69, 9.17) is 21.1 Å². The quantitative estimate of drug-likeness (QED) is 0.763. The second kappa shape index (κ2) is 5.70. The van der Waals surface area contributed by atoms with Gasteiger partial charge in [0.1, 0.15) is 17.6 Å². The molecule has 0 radical (unpaired) electrons. The lowest BCUT2D eigenvalue weighted by Crippen LogP contribution is -2.20. The average Bonchev–Trinajstić information content (AvgIpc) is 2.47. The molecule has 0 fully saturated rings. The van der Waals surface area contributed by atoms with Crippen molar-refractivity contribution in [2.45, 2.75) is 12.5 Å². The summed E-state index contributed by atoms with van der Waals surface area (Å²) >= 11 is 9.36. The van der Waals surface area contributed by atoms with E-state index in [1.807, 2.05) is 18.2 Å². The van der Waals surface area contributed by atoms with Crippen molar-refractivity contribution in [2.24, 2.45) is 0 Å². The lowest BCUT2D eigenvalue weighted by atomic mass is 9.96. The zero-order chi connectivity index (χ0) is 15.0. The van der Waals surface area contributed by atoms with Crippen molar-refractivity contribution < 1.29 is 14.3 Å². The van der Waals surface area contributed by atoms with E-state index in [1.54, 1.807) is 25.3 Å². The van der Waals surface area contributed by atoms with E-state index in [0.717, 1.165) is 10.0 Å². The second-order valence-corrected chi connectivity index (χ2v) is 6.11. The van der Waals surface area contributed by atoms with Crippen molar-refractivity contribution in [3.8, 4) is 11.5 Å². The summed E-state index contributed by atoms with van der Waals surface area (Å²) in [5, 5.41) is 0.532. The van der Waals surface area contributed by atoms with E-state index in [-0.39, 0.29) is 18.3 Å². The maximum absolute atomic E-state index is 12.3. The number of halogens is 2. The number of hydrogen-bond acceptors (Lipinski definition) is 3. The first-order chi connectivity index (χ1) is 10.1. The molecule has 1 atom stereocenters. The highest BCUT2D eigenvalue weighted by Gasteiger charge is 2.29. The Morgan fingerprint density at radius 2 is 2.10 bits per heavy atom. The van der Waals surface area contributed by atoms with E-state index in [0.29, 0.717) is 22.1 Å². The molecule has 0 saturated carbocycles. The molecule has 5 heteroatoms. The Morgan fingerprint density at radius 1 is 1.29 bits per heavy atom. The number of carbonyl (C=O) groups excluding carboxylic acids is 1. The van der Waals surface area contributed by atoms with Gasteiger partial charge in [0.25, 0.3) is 0 Å². The van der Waals surface area contributed by atoms with Crippen LogP contribution in [0.15, 0.2) is 40.9 Å². The zero-order valence-corrected chi connectivity index (χ0v) is 13.6. The van der Waals surface area contributed by atoms with E-state index in [9.17, 15) is 4.79 Å². The fraction of sp³-hybridized carbons (Fsp3) is 0.188. The second-order valence-electron chi connectivity index (χ2n) is 4.76. The molecule has 3 rings (SSSR count). The average molecular weight is 368 g/mol. The predicted octanol–water partition coefficient (Wildman–Crippen LogP) is 4.82. The van der Waals surface area contributed by atoms with Crippen LogP contribution < -0.4 is 9.47 Å². The number of fused-ring (bicyclic) bond motifs is 1. The van der Waals surface area contributed by atoms with Crippen LogP contribution in [-0.2, 0) is 0 Å². The van der Waals surface area contributed by atoms with Gasteiger partial charge in [0, 0.05) is 15.1 Å². The molecule has 1 aliphatic heterocycles. The van der Waals surface area contributed by atoms with Crippen LogP contribution in [-0.4, -0.2) is 12.9 Å². The minimum absolute atomic E-state index is 0.0192. The van der Waals surface area contributed by atoms with Crippen LogP contribution in [0.5, 0.6) is 11.5 Å². The molecule has 0 spiro atoms. The van der Waals surface area contributed by atoms with E-state index in [1.165, 1.54) is 0 Å². The van der Waals surface area contributed by atoms with Crippen LogP contribution in [0.4, 0.5) is 0 Å². The molecule has 0 aliphatic carbocycles. The van der Waals surface area contributed by atoms with Gasteiger partial charge in [-0.2, -0.15) is 0 Å². The molecule has 1 heterocycles. The lowest BCUT2D eigenvalue weighted by molar-refractivity contribution is 0.0847. The van der Waals surface area contributed by atoms with Crippen molar-refractivity contribution in [1.29, 1.82) is 0 Å². The molecular formula is C16H12BrClO3. The standard InChI is InChI=1S/C16H12BrClO3/c1-20-14-4-2-9(17)6-12(14)16-8-13(19)11-7-10(18)3-5-15(11)21-16/h2-7,16H,8H2,1H3. The van der Waals surface area contributed by atoms with Gasteiger partial charge >= 0.3 is 0 Å². The molecule has 3 nitrogen and oxygen atoms in total. The smallest absolute Gasteiger partial charge is 0.170 e. The van der Waals surface area contributed by atoms with Gasteiger partial charge < -0.3 is 9.47 Å². The van der Waals surface area contributed by atoms with Crippen LogP contribution in [0.1, 0.15) is 28.4 Å². The Bertz CT molecular complexity index is 715. The number of methoxy groups -OCH3 is 1. The fourth-order valence-corrected chi connectivity index (χ4v) is 2.98. The molecule has 1 unspecified atom stereocenters. The van der Waals surface area contributed by atoms with Crippen molar-refractivity contribution in [2.75, 3.05) is 7.11 Å². The third-order valence-corrected chi connectivity index (χ3v) is 4.15. The van der Waals surface area contributed by atoms with Gasteiger partial charge in [-0.05, 0) is 36.4 Å². The predicted molar refractivity (Wildman–Crippen MR) is 84.5 cm³/mol. The summed E-state index contributed by atoms with van der Waals surface area (Å²) in [4.78, 5) is 12.3. The topological polar surface area (TPSA) is 35.5 Å². The minimum Gasteiger partial charge on any atom is -0.496 e. The third-order valence-electron chi connectivity index (χ3n) is 3.42. The first-order valence-electron chi connectivity index (χ1n) is 6.41. The summed E-state index contributed by atoms with van der Waals surface area (Å²) in [6.45, 7) is 0. The summed E-state index contributed by atoms with van der Waals surface area (Å²) in [5.74, 6) is 1.28. The highest BCUT2D eigenvalue weighted by atomic mass is 79.9. The van der Waals surface area contributed by atoms with Crippen LogP contribution in [0.3, 0.4) is 0 Å². The molecule has 0 aromatic heterocycles. The first-order valence-corrected chi connectivity index (χ1v) is 7.58. The van der Waals surface area contributed by atoms with Gasteiger partial charge in [-0.25, -0.2) is 0 Å². The molecule has 2 aromatic carbocycles. The number of Topliss-reactive ketones (excluding diaryl/α,β-unsaturated/α-hetero) is 1. The zero-order valence-electron chi connectivity index (χ0n) is 11.2. The molecule has 108 valence electrons. The molecule has 0 bridgehead atoms. The Hall–Kier alpha value is -1.52.